The van der Waals surface area contributed by atoms with Crippen LogP contribution < -0.4 is 16.4 Å². The SMILES string of the molecule is Nc1cc(C2(S(=O)(=O)c3ccccn3)CC2)nc(-c2ccc(NC(=O)NC3CCC3)cc2)n1. The lowest BCUT2D eigenvalue weighted by Gasteiger charge is -2.26. The quantitative estimate of drug-likeness (QED) is 0.508. The number of urea groups is 1. The fourth-order valence-electron chi connectivity index (χ4n) is 3.92. The fourth-order valence-corrected chi connectivity index (χ4v) is 5.80. The Morgan fingerprint density at radius 1 is 1.06 bits per heavy atom. The lowest BCUT2D eigenvalue weighted by Crippen LogP contribution is -2.41. The molecule has 10 heteroatoms. The number of pyridine rings is 1. The second-order valence-electron chi connectivity index (χ2n) is 8.47. The third-order valence-corrected chi connectivity index (χ3v) is 8.62. The number of carbonyl (C=O) groups is 1. The van der Waals surface area contributed by atoms with Gasteiger partial charge in [-0.05, 0) is 68.5 Å². The number of hydrogen-bond acceptors (Lipinski definition) is 7. The number of aromatic nitrogens is 3. The van der Waals surface area contributed by atoms with E-state index in [1.54, 1.807) is 36.4 Å². The molecule has 4 N–H and O–H groups in total. The summed E-state index contributed by atoms with van der Waals surface area (Å²) in [7, 11) is -3.74. The Morgan fingerprint density at radius 2 is 1.82 bits per heavy atom. The molecule has 170 valence electrons. The first-order chi connectivity index (χ1) is 15.9. The standard InChI is InChI=1S/C23H24N6O3S/c24-19-14-18(23(11-12-23)33(31,32)20-6-1-2-13-25-20)28-21(29-19)15-7-9-17(10-8-15)27-22(30)26-16-4-3-5-16/h1-2,6-10,13-14,16H,3-5,11-12H2,(H2,24,28,29)(H2,26,27,30). The lowest BCUT2D eigenvalue weighted by atomic mass is 9.93. The molecule has 0 bridgehead atoms. The number of nitrogens with two attached hydrogens (primary N) is 1. The number of nitrogens with one attached hydrogen (secondary N) is 2. The normalized spacial score (nSPS) is 17.1. The molecule has 0 aliphatic heterocycles. The van der Waals surface area contributed by atoms with Crippen LogP contribution in [-0.2, 0) is 14.6 Å². The van der Waals surface area contributed by atoms with Gasteiger partial charge >= 0.3 is 6.03 Å². The molecule has 2 aliphatic rings. The number of rotatable bonds is 6. The first-order valence-corrected chi connectivity index (χ1v) is 12.3. The molecule has 1 aromatic carbocycles. The average molecular weight is 465 g/mol. The highest BCUT2D eigenvalue weighted by Gasteiger charge is 2.58. The molecule has 2 heterocycles. The van der Waals surface area contributed by atoms with E-state index in [0.717, 1.165) is 19.3 Å². The molecular formula is C23H24N6O3S. The monoisotopic (exact) mass is 464 g/mol. The van der Waals surface area contributed by atoms with Crippen molar-refractivity contribution < 1.29 is 13.2 Å². The van der Waals surface area contributed by atoms with E-state index in [2.05, 4.69) is 25.6 Å². The zero-order chi connectivity index (χ0) is 23.1. The van der Waals surface area contributed by atoms with Gasteiger partial charge in [-0.2, -0.15) is 0 Å². The molecule has 0 spiro atoms. The zero-order valence-electron chi connectivity index (χ0n) is 17.9. The van der Waals surface area contributed by atoms with Crippen LogP contribution in [-0.4, -0.2) is 35.4 Å². The zero-order valence-corrected chi connectivity index (χ0v) is 18.7. The molecule has 2 fully saturated rings. The van der Waals surface area contributed by atoms with Crippen LogP contribution in [0.3, 0.4) is 0 Å². The molecule has 0 radical (unpaired) electrons. The van der Waals surface area contributed by atoms with Crippen molar-refractivity contribution in [3.05, 3.63) is 60.4 Å². The van der Waals surface area contributed by atoms with Gasteiger partial charge in [0.2, 0.25) is 9.84 Å². The molecule has 5 rings (SSSR count). The van der Waals surface area contributed by atoms with Crippen LogP contribution in [0.4, 0.5) is 16.3 Å². The van der Waals surface area contributed by atoms with Crippen LogP contribution in [0, 0.1) is 0 Å². The predicted octanol–water partition coefficient (Wildman–Crippen LogP) is 3.26. The van der Waals surface area contributed by atoms with Gasteiger partial charge in [-0.15, -0.1) is 0 Å². The van der Waals surface area contributed by atoms with Crippen molar-refractivity contribution in [1.29, 1.82) is 0 Å². The van der Waals surface area contributed by atoms with Crippen LogP contribution in [0.5, 0.6) is 0 Å². The minimum atomic E-state index is -3.74. The van der Waals surface area contributed by atoms with Crippen molar-refractivity contribution in [1.82, 2.24) is 20.3 Å². The van der Waals surface area contributed by atoms with E-state index in [4.69, 9.17) is 5.73 Å². The fraction of sp³-hybridized carbons (Fsp3) is 0.304. The van der Waals surface area contributed by atoms with Crippen molar-refractivity contribution >= 4 is 27.4 Å². The maximum absolute atomic E-state index is 13.3. The number of carbonyl (C=O) groups excluding carboxylic acids is 1. The molecule has 33 heavy (non-hydrogen) atoms. The highest BCUT2D eigenvalue weighted by atomic mass is 32.2. The van der Waals surface area contributed by atoms with Gasteiger partial charge in [0.25, 0.3) is 0 Å². The highest BCUT2D eigenvalue weighted by molar-refractivity contribution is 7.92. The third kappa shape index (κ3) is 4.02. The molecular weight excluding hydrogens is 440 g/mol. The summed E-state index contributed by atoms with van der Waals surface area (Å²) in [6, 6.07) is 13.4. The molecule has 2 aliphatic carbocycles. The maximum atomic E-state index is 13.3. The lowest BCUT2D eigenvalue weighted by molar-refractivity contribution is 0.240. The minimum Gasteiger partial charge on any atom is -0.384 e. The van der Waals surface area contributed by atoms with Crippen LogP contribution >= 0.6 is 0 Å². The van der Waals surface area contributed by atoms with Crippen molar-refractivity contribution in [2.24, 2.45) is 0 Å². The van der Waals surface area contributed by atoms with E-state index < -0.39 is 14.6 Å². The number of sulfone groups is 1. The second kappa shape index (κ2) is 8.11. The predicted molar refractivity (Wildman–Crippen MR) is 124 cm³/mol. The minimum absolute atomic E-state index is 0.0249. The van der Waals surface area contributed by atoms with Crippen LogP contribution in [0.15, 0.2) is 59.8 Å². The summed E-state index contributed by atoms with van der Waals surface area (Å²) in [5.41, 5.74) is 7.71. The van der Waals surface area contributed by atoms with Gasteiger partial charge in [-0.25, -0.2) is 28.2 Å². The Morgan fingerprint density at radius 3 is 2.42 bits per heavy atom. The van der Waals surface area contributed by atoms with Crippen molar-refractivity contribution in [3.63, 3.8) is 0 Å². The summed E-state index contributed by atoms with van der Waals surface area (Å²) in [6.45, 7) is 0. The number of benzene rings is 1. The molecule has 2 aromatic heterocycles. The molecule has 2 saturated carbocycles. The average Bonchev–Trinajstić information content (AvgIpc) is 3.60. The van der Waals surface area contributed by atoms with E-state index in [1.165, 1.54) is 18.3 Å². The molecule has 0 saturated heterocycles. The Hall–Kier alpha value is -3.53. The maximum Gasteiger partial charge on any atom is 0.319 e. The van der Waals surface area contributed by atoms with Crippen LogP contribution in [0.1, 0.15) is 37.8 Å². The Balaban J connectivity index is 1.39. The Bertz CT molecular complexity index is 1290. The second-order valence-corrected chi connectivity index (χ2v) is 10.7. The first-order valence-electron chi connectivity index (χ1n) is 10.9. The number of hydrogen-bond donors (Lipinski definition) is 3. The molecule has 2 amide bonds. The van der Waals surface area contributed by atoms with Gasteiger partial charge in [0, 0.05) is 29.6 Å². The molecule has 9 nitrogen and oxygen atoms in total. The van der Waals surface area contributed by atoms with Gasteiger partial charge in [0.15, 0.2) is 10.9 Å². The largest absolute Gasteiger partial charge is 0.384 e. The smallest absolute Gasteiger partial charge is 0.319 e. The number of anilines is 2. The number of amides is 2. The summed E-state index contributed by atoms with van der Waals surface area (Å²) in [5, 5.41) is 5.76. The van der Waals surface area contributed by atoms with E-state index in [9.17, 15) is 13.2 Å². The summed E-state index contributed by atoms with van der Waals surface area (Å²) < 4.78 is 25.5. The van der Waals surface area contributed by atoms with Gasteiger partial charge in [-0.3, -0.25) is 0 Å². The summed E-state index contributed by atoms with van der Waals surface area (Å²) in [4.78, 5) is 25.0. The third-order valence-electron chi connectivity index (χ3n) is 6.19. The van der Waals surface area contributed by atoms with Crippen molar-refractivity contribution in [2.45, 2.75) is 47.9 Å². The van der Waals surface area contributed by atoms with E-state index >= 15 is 0 Å². The van der Waals surface area contributed by atoms with Crippen molar-refractivity contribution in [3.8, 4) is 11.4 Å². The van der Waals surface area contributed by atoms with Gasteiger partial charge in [0.1, 0.15) is 10.6 Å². The summed E-state index contributed by atoms with van der Waals surface area (Å²) in [5.74, 6) is 0.525. The van der Waals surface area contributed by atoms with Gasteiger partial charge in [0.05, 0.1) is 5.69 Å². The summed E-state index contributed by atoms with van der Waals surface area (Å²) in [6.07, 6.45) is 5.52. The van der Waals surface area contributed by atoms with E-state index in [0.29, 0.717) is 35.6 Å². The molecule has 0 atom stereocenters. The highest BCUT2D eigenvalue weighted by Crippen LogP contribution is 2.54. The van der Waals surface area contributed by atoms with Crippen LogP contribution in [0.2, 0.25) is 0 Å². The van der Waals surface area contributed by atoms with Crippen LogP contribution in [0.25, 0.3) is 11.4 Å². The van der Waals surface area contributed by atoms with E-state index in [1.807, 2.05) is 0 Å². The van der Waals surface area contributed by atoms with Gasteiger partial charge in [-0.1, -0.05) is 6.07 Å². The topological polar surface area (TPSA) is 140 Å². The van der Waals surface area contributed by atoms with E-state index in [-0.39, 0.29) is 22.9 Å². The molecule has 3 aromatic rings. The molecule has 0 unspecified atom stereocenters. The Kier molecular flexibility index (Phi) is 5.24. The summed E-state index contributed by atoms with van der Waals surface area (Å²) >= 11 is 0. The first kappa shape index (κ1) is 21.3. The van der Waals surface area contributed by atoms with Gasteiger partial charge < -0.3 is 16.4 Å². The van der Waals surface area contributed by atoms with Crippen molar-refractivity contribution in [2.75, 3.05) is 11.1 Å². The number of nitrogen functional groups attached to an aromatic ring is 1. The Labute approximate surface area is 191 Å². The number of nitrogens with zero attached hydrogens (tertiary/aromatic N) is 3.